The van der Waals surface area contributed by atoms with Crippen LogP contribution in [0.1, 0.15) is 23.7 Å². The summed E-state index contributed by atoms with van der Waals surface area (Å²) >= 11 is 4.31. The number of nitrogens with zero attached hydrogens (tertiary/aromatic N) is 4. The maximum atomic E-state index is 12.2. The number of aryl methyl sites for hydroxylation is 1. The molecule has 100 valence electrons. The van der Waals surface area contributed by atoms with Crippen LogP contribution in [-0.2, 0) is 6.54 Å². The van der Waals surface area contributed by atoms with Crippen molar-refractivity contribution in [3.8, 4) is 0 Å². The minimum Gasteiger partial charge on any atom is -0.289 e. The number of benzene rings is 1. The predicted molar refractivity (Wildman–Crippen MR) is 87.9 cm³/mol. The van der Waals surface area contributed by atoms with Crippen LogP contribution in [0.2, 0.25) is 0 Å². The van der Waals surface area contributed by atoms with E-state index in [0.717, 1.165) is 13.6 Å². The van der Waals surface area contributed by atoms with E-state index in [1.165, 1.54) is 0 Å². The standard InChI is InChI=1S/C11H11I2N5O/c1-2-5-18-11(15-16-17-18)14-10(19)8-6-7(12)3-4-9(8)13/h3-4,6H,2,5H2,1H3,(H,14,15,17,19). The van der Waals surface area contributed by atoms with Crippen molar-refractivity contribution in [2.24, 2.45) is 0 Å². The van der Waals surface area contributed by atoms with Crippen molar-refractivity contribution in [1.82, 2.24) is 20.2 Å². The fourth-order valence-electron chi connectivity index (χ4n) is 1.50. The van der Waals surface area contributed by atoms with Gasteiger partial charge in [-0.2, -0.15) is 0 Å². The summed E-state index contributed by atoms with van der Waals surface area (Å²) in [6.45, 7) is 2.70. The number of halogens is 2. The Kier molecular flexibility index (Phi) is 5.07. The molecule has 1 amide bonds. The number of aromatic nitrogens is 4. The molecule has 0 aliphatic rings. The number of tetrazole rings is 1. The van der Waals surface area contributed by atoms with Crippen molar-refractivity contribution in [3.05, 3.63) is 30.9 Å². The monoisotopic (exact) mass is 483 g/mol. The average Bonchev–Trinajstić information content (AvgIpc) is 2.80. The van der Waals surface area contributed by atoms with Gasteiger partial charge in [0, 0.05) is 13.7 Å². The van der Waals surface area contributed by atoms with Gasteiger partial charge in [0.2, 0.25) is 5.95 Å². The number of hydrogen-bond donors (Lipinski definition) is 1. The molecule has 1 aromatic carbocycles. The number of nitrogens with one attached hydrogen (secondary N) is 1. The number of rotatable bonds is 4. The van der Waals surface area contributed by atoms with Crippen molar-refractivity contribution in [2.75, 3.05) is 5.32 Å². The third-order valence-corrected chi connectivity index (χ3v) is 3.98. The number of carbonyl (C=O) groups is 1. The Labute approximate surface area is 137 Å². The lowest BCUT2D eigenvalue weighted by Crippen LogP contribution is -2.17. The van der Waals surface area contributed by atoms with Crippen LogP contribution in [-0.4, -0.2) is 26.1 Å². The molecule has 0 bridgehead atoms. The van der Waals surface area contributed by atoms with Gasteiger partial charge in [-0.25, -0.2) is 4.68 Å². The van der Waals surface area contributed by atoms with E-state index in [1.807, 2.05) is 25.1 Å². The molecule has 0 saturated heterocycles. The first-order valence-corrected chi connectivity index (χ1v) is 7.80. The second-order valence-corrected chi connectivity index (χ2v) is 6.21. The molecular formula is C11H11I2N5O. The zero-order valence-electron chi connectivity index (χ0n) is 10.1. The summed E-state index contributed by atoms with van der Waals surface area (Å²) in [5.74, 6) is 0.177. The highest BCUT2D eigenvalue weighted by Crippen LogP contribution is 2.17. The Morgan fingerprint density at radius 2 is 2.21 bits per heavy atom. The van der Waals surface area contributed by atoms with Gasteiger partial charge in [0.1, 0.15) is 0 Å². The molecule has 1 N–H and O–H groups in total. The summed E-state index contributed by atoms with van der Waals surface area (Å²) in [5.41, 5.74) is 0.624. The van der Waals surface area contributed by atoms with Crippen molar-refractivity contribution in [1.29, 1.82) is 0 Å². The molecular weight excluding hydrogens is 472 g/mol. The van der Waals surface area contributed by atoms with Gasteiger partial charge >= 0.3 is 0 Å². The number of carbonyl (C=O) groups excluding carboxylic acids is 1. The summed E-state index contributed by atoms with van der Waals surface area (Å²) in [6, 6.07) is 5.71. The Balaban J connectivity index is 2.21. The van der Waals surface area contributed by atoms with Crippen LogP contribution in [0.15, 0.2) is 18.2 Å². The van der Waals surface area contributed by atoms with Crippen molar-refractivity contribution < 1.29 is 4.79 Å². The first kappa shape index (κ1) is 14.6. The maximum absolute atomic E-state index is 12.2. The number of anilines is 1. The normalized spacial score (nSPS) is 10.5. The van der Waals surface area contributed by atoms with E-state index in [-0.39, 0.29) is 5.91 Å². The van der Waals surface area contributed by atoms with Gasteiger partial charge < -0.3 is 0 Å². The van der Waals surface area contributed by atoms with Crippen molar-refractivity contribution in [2.45, 2.75) is 19.9 Å². The third-order valence-electron chi connectivity index (χ3n) is 2.37. The zero-order valence-corrected chi connectivity index (χ0v) is 14.4. The van der Waals surface area contributed by atoms with Crippen LogP contribution < -0.4 is 5.32 Å². The highest BCUT2D eigenvalue weighted by Gasteiger charge is 2.14. The molecule has 0 aliphatic carbocycles. The molecule has 0 fully saturated rings. The van der Waals surface area contributed by atoms with E-state index in [9.17, 15) is 4.79 Å². The molecule has 0 unspecified atom stereocenters. The largest absolute Gasteiger partial charge is 0.289 e. The minimum absolute atomic E-state index is 0.199. The molecule has 0 atom stereocenters. The van der Waals surface area contributed by atoms with Crippen molar-refractivity contribution in [3.63, 3.8) is 0 Å². The molecule has 1 heterocycles. The van der Waals surface area contributed by atoms with Gasteiger partial charge in [0.25, 0.3) is 5.91 Å². The lowest BCUT2D eigenvalue weighted by Gasteiger charge is -2.07. The Morgan fingerprint density at radius 3 is 2.95 bits per heavy atom. The maximum Gasteiger partial charge on any atom is 0.259 e. The van der Waals surface area contributed by atoms with E-state index >= 15 is 0 Å². The van der Waals surface area contributed by atoms with E-state index < -0.39 is 0 Å². The predicted octanol–water partition coefficient (Wildman–Crippen LogP) is 2.54. The van der Waals surface area contributed by atoms with Gasteiger partial charge in [-0.15, -0.1) is 0 Å². The van der Waals surface area contributed by atoms with Gasteiger partial charge in [0.05, 0.1) is 5.56 Å². The first-order chi connectivity index (χ1) is 9.11. The van der Waals surface area contributed by atoms with Crippen LogP contribution in [0.4, 0.5) is 5.95 Å². The smallest absolute Gasteiger partial charge is 0.259 e. The Bertz CT molecular complexity index is 599. The van der Waals surface area contributed by atoms with Gasteiger partial charge in [0.15, 0.2) is 0 Å². The van der Waals surface area contributed by atoms with Crippen LogP contribution in [0, 0.1) is 7.14 Å². The molecule has 0 spiro atoms. The number of hydrogen-bond acceptors (Lipinski definition) is 4. The fraction of sp³-hybridized carbons (Fsp3) is 0.273. The summed E-state index contributed by atoms with van der Waals surface area (Å²) in [4.78, 5) is 12.2. The second-order valence-electron chi connectivity index (χ2n) is 3.80. The molecule has 2 aromatic rings. The summed E-state index contributed by atoms with van der Waals surface area (Å²) in [6.07, 6.45) is 0.898. The molecule has 2 rings (SSSR count). The summed E-state index contributed by atoms with van der Waals surface area (Å²) in [5, 5.41) is 14.0. The van der Waals surface area contributed by atoms with Crippen LogP contribution >= 0.6 is 45.2 Å². The van der Waals surface area contributed by atoms with E-state index in [1.54, 1.807) is 4.68 Å². The Hall–Kier alpha value is -0.780. The lowest BCUT2D eigenvalue weighted by molar-refractivity contribution is 0.102. The molecule has 0 saturated carbocycles. The molecule has 19 heavy (non-hydrogen) atoms. The molecule has 0 aliphatic heterocycles. The minimum atomic E-state index is -0.199. The van der Waals surface area contributed by atoms with Crippen LogP contribution in [0.25, 0.3) is 0 Å². The molecule has 0 radical (unpaired) electrons. The van der Waals surface area contributed by atoms with Gasteiger partial charge in [-0.1, -0.05) is 12.0 Å². The van der Waals surface area contributed by atoms with Gasteiger partial charge in [-0.3, -0.25) is 10.1 Å². The molecule has 6 nitrogen and oxygen atoms in total. The first-order valence-electron chi connectivity index (χ1n) is 5.64. The third kappa shape index (κ3) is 3.61. The zero-order chi connectivity index (χ0) is 13.8. The lowest BCUT2D eigenvalue weighted by atomic mass is 10.2. The van der Waals surface area contributed by atoms with Crippen molar-refractivity contribution >= 4 is 57.0 Å². The second kappa shape index (κ2) is 6.59. The van der Waals surface area contributed by atoms with E-state index in [2.05, 4.69) is 66.0 Å². The van der Waals surface area contributed by atoms with E-state index in [4.69, 9.17) is 0 Å². The van der Waals surface area contributed by atoms with Crippen LogP contribution in [0.3, 0.4) is 0 Å². The topological polar surface area (TPSA) is 72.7 Å². The summed E-state index contributed by atoms with van der Waals surface area (Å²) < 4.78 is 3.49. The molecule has 8 heteroatoms. The summed E-state index contributed by atoms with van der Waals surface area (Å²) in [7, 11) is 0. The van der Waals surface area contributed by atoms with Gasteiger partial charge in [-0.05, 0) is 80.2 Å². The fourth-order valence-corrected chi connectivity index (χ4v) is 2.57. The number of amides is 1. The van der Waals surface area contributed by atoms with Crippen LogP contribution in [0.5, 0.6) is 0 Å². The Morgan fingerprint density at radius 1 is 1.42 bits per heavy atom. The highest BCUT2D eigenvalue weighted by atomic mass is 127. The quantitative estimate of drug-likeness (QED) is 0.680. The SMILES string of the molecule is CCCn1nnnc1NC(=O)c1cc(I)ccc1I. The highest BCUT2D eigenvalue weighted by molar-refractivity contribution is 14.1. The molecule has 1 aromatic heterocycles. The average molecular weight is 483 g/mol. The van der Waals surface area contributed by atoms with E-state index in [0.29, 0.717) is 18.1 Å².